The third-order valence-electron chi connectivity index (χ3n) is 3.79. The molecule has 0 saturated carbocycles. The van der Waals surface area contributed by atoms with Crippen LogP contribution >= 0.6 is 0 Å². The fraction of sp³-hybridized carbons (Fsp3) is 0.933. The molecule has 112 valence electrons. The lowest BCUT2D eigenvalue weighted by Crippen LogP contribution is -2.49. The quantitative estimate of drug-likeness (QED) is 0.804. The summed E-state index contributed by atoms with van der Waals surface area (Å²) >= 11 is 0. The van der Waals surface area contributed by atoms with Crippen molar-refractivity contribution in [1.29, 1.82) is 0 Å². The van der Waals surface area contributed by atoms with Crippen molar-refractivity contribution < 1.29 is 9.53 Å². The molecule has 4 heteroatoms. The van der Waals surface area contributed by atoms with Gasteiger partial charge >= 0.3 is 0 Å². The molecule has 1 saturated heterocycles. The van der Waals surface area contributed by atoms with Crippen LogP contribution in [0.5, 0.6) is 0 Å². The van der Waals surface area contributed by atoms with Gasteiger partial charge in [-0.1, -0.05) is 20.8 Å². The number of carbonyl (C=O) groups excluding carboxylic acids is 1. The van der Waals surface area contributed by atoms with Crippen LogP contribution in [-0.4, -0.2) is 31.2 Å². The summed E-state index contributed by atoms with van der Waals surface area (Å²) in [7, 11) is 0. The SMILES string of the molecule is CC(CCC(C)(C)C)NC(=O)C(N)C1CCOCC1. The molecule has 1 aliphatic heterocycles. The van der Waals surface area contributed by atoms with Gasteiger partial charge in [0.15, 0.2) is 0 Å². The van der Waals surface area contributed by atoms with E-state index in [1.165, 1.54) is 0 Å². The van der Waals surface area contributed by atoms with E-state index in [9.17, 15) is 4.79 Å². The highest BCUT2D eigenvalue weighted by Gasteiger charge is 2.27. The summed E-state index contributed by atoms with van der Waals surface area (Å²) in [6.07, 6.45) is 3.88. The largest absolute Gasteiger partial charge is 0.381 e. The maximum absolute atomic E-state index is 12.1. The fourth-order valence-electron chi connectivity index (χ4n) is 2.35. The normalized spacial score (nSPS) is 20.9. The van der Waals surface area contributed by atoms with E-state index in [0.29, 0.717) is 5.41 Å². The first kappa shape index (κ1) is 16.4. The van der Waals surface area contributed by atoms with E-state index >= 15 is 0 Å². The minimum atomic E-state index is -0.388. The molecule has 19 heavy (non-hydrogen) atoms. The number of rotatable bonds is 5. The number of nitrogens with one attached hydrogen (secondary N) is 1. The molecular weight excluding hydrogens is 240 g/mol. The Balaban J connectivity index is 2.32. The molecule has 0 bridgehead atoms. The first-order chi connectivity index (χ1) is 8.79. The molecule has 1 heterocycles. The molecule has 4 nitrogen and oxygen atoms in total. The molecule has 0 aromatic carbocycles. The van der Waals surface area contributed by atoms with E-state index in [2.05, 4.69) is 33.0 Å². The lowest BCUT2D eigenvalue weighted by Gasteiger charge is -2.28. The summed E-state index contributed by atoms with van der Waals surface area (Å²) in [5.41, 5.74) is 6.36. The smallest absolute Gasteiger partial charge is 0.237 e. The second-order valence-electron chi connectivity index (χ2n) is 6.98. The third kappa shape index (κ3) is 6.39. The van der Waals surface area contributed by atoms with Gasteiger partial charge in [-0.2, -0.15) is 0 Å². The summed E-state index contributed by atoms with van der Waals surface area (Å²) in [4.78, 5) is 12.1. The summed E-state index contributed by atoms with van der Waals surface area (Å²) in [6, 6.07) is -0.196. The average Bonchev–Trinajstić information content (AvgIpc) is 2.35. The second-order valence-corrected chi connectivity index (χ2v) is 6.98. The number of amides is 1. The predicted octanol–water partition coefficient (Wildman–Crippen LogP) is 2.07. The van der Waals surface area contributed by atoms with E-state index in [4.69, 9.17) is 10.5 Å². The molecule has 0 aromatic heterocycles. The van der Waals surface area contributed by atoms with Crippen LogP contribution in [-0.2, 0) is 9.53 Å². The Labute approximate surface area is 117 Å². The maximum Gasteiger partial charge on any atom is 0.237 e. The molecule has 2 unspecified atom stereocenters. The monoisotopic (exact) mass is 270 g/mol. The highest BCUT2D eigenvalue weighted by atomic mass is 16.5. The first-order valence-corrected chi connectivity index (χ1v) is 7.43. The molecule has 1 amide bonds. The molecular formula is C15H30N2O2. The lowest BCUT2D eigenvalue weighted by molar-refractivity contribution is -0.125. The van der Waals surface area contributed by atoms with Gasteiger partial charge in [0.05, 0.1) is 6.04 Å². The Kier molecular flexibility index (Phi) is 6.27. The Morgan fingerprint density at radius 3 is 2.47 bits per heavy atom. The standard InChI is InChI=1S/C15H30N2O2/c1-11(5-8-15(2,3)4)17-14(18)13(16)12-6-9-19-10-7-12/h11-13H,5-10,16H2,1-4H3,(H,17,18). The molecule has 1 fully saturated rings. The minimum Gasteiger partial charge on any atom is -0.381 e. The molecule has 0 aromatic rings. The number of hydrogen-bond acceptors (Lipinski definition) is 3. The Bertz CT molecular complexity index is 280. The van der Waals surface area contributed by atoms with Crippen molar-refractivity contribution >= 4 is 5.91 Å². The van der Waals surface area contributed by atoms with Gasteiger partial charge in [-0.05, 0) is 43.9 Å². The molecule has 0 spiro atoms. The highest BCUT2D eigenvalue weighted by molar-refractivity contribution is 5.82. The molecule has 2 atom stereocenters. The number of hydrogen-bond donors (Lipinski definition) is 2. The first-order valence-electron chi connectivity index (χ1n) is 7.43. The zero-order valence-corrected chi connectivity index (χ0v) is 12.9. The van der Waals surface area contributed by atoms with Crippen molar-refractivity contribution in [2.45, 2.75) is 65.5 Å². The van der Waals surface area contributed by atoms with Crippen molar-refractivity contribution in [3.05, 3.63) is 0 Å². The maximum atomic E-state index is 12.1. The Morgan fingerprint density at radius 2 is 1.95 bits per heavy atom. The van der Waals surface area contributed by atoms with Crippen LogP contribution < -0.4 is 11.1 Å². The van der Waals surface area contributed by atoms with Crippen LogP contribution in [0, 0.1) is 11.3 Å². The van der Waals surface area contributed by atoms with Gasteiger partial charge in [0.25, 0.3) is 0 Å². The zero-order chi connectivity index (χ0) is 14.5. The second kappa shape index (κ2) is 7.25. The van der Waals surface area contributed by atoms with Crippen LogP contribution in [0.15, 0.2) is 0 Å². The topological polar surface area (TPSA) is 64.4 Å². The molecule has 0 radical (unpaired) electrons. The summed E-state index contributed by atoms with van der Waals surface area (Å²) < 4.78 is 5.30. The van der Waals surface area contributed by atoms with E-state index in [1.807, 2.05) is 0 Å². The van der Waals surface area contributed by atoms with Crippen molar-refractivity contribution in [2.75, 3.05) is 13.2 Å². The van der Waals surface area contributed by atoms with Crippen molar-refractivity contribution in [1.82, 2.24) is 5.32 Å². The van der Waals surface area contributed by atoms with Gasteiger partial charge in [0.2, 0.25) is 5.91 Å². The van der Waals surface area contributed by atoms with Crippen LogP contribution in [0.4, 0.5) is 0 Å². The van der Waals surface area contributed by atoms with Gasteiger partial charge in [-0.15, -0.1) is 0 Å². The van der Waals surface area contributed by atoms with Crippen molar-refractivity contribution in [2.24, 2.45) is 17.1 Å². The van der Waals surface area contributed by atoms with E-state index in [0.717, 1.165) is 38.9 Å². The fourth-order valence-corrected chi connectivity index (χ4v) is 2.35. The Morgan fingerprint density at radius 1 is 1.37 bits per heavy atom. The number of carbonyl (C=O) groups is 1. The average molecular weight is 270 g/mol. The van der Waals surface area contributed by atoms with Crippen molar-refractivity contribution in [3.8, 4) is 0 Å². The predicted molar refractivity (Wildman–Crippen MR) is 77.8 cm³/mol. The molecule has 0 aliphatic carbocycles. The summed E-state index contributed by atoms with van der Waals surface area (Å²) in [5, 5.41) is 3.04. The van der Waals surface area contributed by atoms with Crippen LogP contribution in [0.25, 0.3) is 0 Å². The zero-order valence-electron chi connectivity index (χ0n) is 12.9. The van der Waals surface area contributed by atoms with Crippen LogP contribution in [0.2, 0.25) is 0 Å². The van der Waals surface area contributed by atoms with Crippen LogP contribution in [0.3, 0.4) is 0 Å². The Hall–Kier alpha value is -0.610. The lowest BCUT2D eigenvalue weighted by atomic mass is 9.88. The number of nitrogens with two attached hydrogens (primary N) is 1. The minimum absolute atomic E-state index is 0.00620. The van der Waals surface area contributed by atoms with Crippen molar-refractivity contribution in [3.63, 3.8) is 0 Å². The molecule has 3 N–H and O–H groups in total. The van der Waals surface area contributed by atoms with E-state index < -0.39 is 0 Å². The van der Waals surface area contributed by atoms with Gasteiger partial charge in [-0.3, -0.25) is 4.79 Å². The van der Waals surface area contributed by atoms with Gasteiger partial charge in [-0.25, -0.2) is 0 Å². The summed E-state index contributed by atoms with van der Waals surface area (Å²) in [5.74, 6) is 0.261. The molecule has 1 aliphatic rings. The highest BCUT2D eigenvalue weighted by Crippen LogP contribution is 2.22. The summed E-state index contributed by atoms with van der Waals surface area (Å²) in [6.45, 7) is 10.2. The van der Waals surface area contributed by atoms with E-state index in [-0.39, 0.29) is 23.9 Å². The number of ether oxygens (including phenoxy) is 1. The van der Waals surface area contributed by atoms with E-state index in [1.54, 1.807) is 0 Å². The van der Waals surface area contributed by atoms with Gasteiger partial charge in [0, 0.05) is 19.3 Å². The third-order valence-corrected chi connectivity index (χ3v) is 3.79. The van der Waals surface area contributed by atoms with Crippen LogP contribution in [0.1, 0.15) is 53.4 Å². The van der Waals surface area contributed by atoms with Gasteiger partial charge in [0.1, 0.15) is 0 Å². The van der Waals surface area contributed by atoms with Gasteiger partial charge < -0.3 is 15.8 Å². The molecule has 1 rings (SSSR count).